The molecule has 152 valence electrons. The van der Waals surface area contributed by atoms with Crippen molar-refractivity contribution in [2.75, 3.05) is 20.3 Å². The summed E-state index contributed by atoms with van der Waals surface area (Å²) in [6, 6.07) is 21.5. The van der Waals surface area contributed by atoms with E-state index in [1.54, 1.807) is 37.4 Å². The molecule has 0 bridgehead atoms. The average Bonchev–Trinajstić information content (AvgIpc) is 2.79. The molecule has 30 heavy (non-hydrogen) atoms. The molecule has 0 aliphatic heterocycles. The third-order valence-electron chi connectivity index (χ3n) is 4.50. The molecule has 1 heterocycles. The van der Waals surface area contributed by atoms with Gasteiger partial charge in [-0.3, -0.25) is 4.79 Å². The standard InChI is InChI=1S/C24H19ClO5/c1-27-18-10-7-16(8-11-18)23-24(29-14-13-28-19-5-3-2-4-6-19)22(26)20-15-17(25)9-12-21(20)30-23/h2-12,15H,13-14H2,1H3. The summed E-state index contributed by atoms with van der Waals surface area (Å²) in [5.41, 5.74) is 0.844. The van der Waals surface area contributed by atoms with Gasteiger partial charge in [-0.05, 0) is 54.6 Å². The Morgan fingerprint density at radius 2 is 1.60 bits per heavy atom. The van der Waals surface area contributed by atoms with E-state index in [4.69, 9.17) is 30.2 Å². The zero-order chi connectivity index (χ0) is 20.9. The number of fused-ring (bicyclic) bond motifs is 1. The molecule has 0 N–H and O–H groups in total. The van der Waals surface area contributed by atoms with Crippen molar-refractivity contribution >= 4 is 22.6 Å². The van der Waals surface area contributed by atoms with Gasteiger partial charge < -0.3 is 18.6 Å². The van der Waals surface area contributed by atoms with E-state index in [1.807, 2.05) is 42.5 Å². The number of hydrogen-bond donors (Lipinski definition) is 0. The third-order valence-corrected chi connectivity index (χ3v) is 4.74. The van der Waals surface area contributed by atoms with Crippen LogP contribution < -0.4 is 19.6 Å². The van der Waals surface area contributed by atoms with E-state index in [0.717, 1.165) is 5.75 Å². The molecule has 0 amide bonds. The highest BCUT2D eigenvalue weighted by Crippen LogP contribution is 2.32. The second kappa shape index (κ2) is 8.93. The number of halogens is 1. The highest BCUT2D eigenvalue weighted by molar-refractivity contribution is 6.31. The number of methoxy groups -OCH3 is 1. The van der Waals surface area contributed by atoms with Gasteiger partial charge in [0.25, 0.3) is 0 Å². The Balaban J connectivity index is 1.67. The van der Waals surface area contributed by atoms with Crippen LogP contribution in [0.25, 0.3) is 22.3 Å². The maximum atomic E-state index is 13.2. The second-order valence-corrected chi connectivity index (χ2v) is 6.90. The van der Waals surface area contributed by atoms with E-state index >= 15 is 0 Å². The molecular weight excluding hydrogens is 404 g/mol. The van der Waals surface area contributed by atoms with E-state index in [9.17, 15) is 4.79 Å². The van der Waals surface area contributed by atoms with E-state index in [-0.39, 0.29) is 24.4 Å². The van der Waals surface area contributed by atoms with Gasteiger partial charge in [-0.15, -0.1) is 0 Å². The van der Waals surface area contributed by atoms with Gasteiger partial charge in [0.2, 0.25) is 11.2 Å². The molecule has 5 nitrogen and oxygen atoms in total. The molecular formula is C24H19ClO5. The topological polar surface area (TPSA) is 57.9 Å². The molecule has 0 unspecified atom stereocenters. The predicted octanol–water partition coefficient (Wildman–Crippen LogP) is 5.58. The van der Waals surface area contributed by atoms with Crippen LogP contribution in [-0.4, -0.2) is 20.3 Å². The van der Waals surface area contributed by atoms with E-state index in [1.165, 1.54) is 0 Å². The van der Waals surface area contributed by atoms with Crippen molar-refractivity contribution in [3.8, 4) is 28.6 Å². The molecule has 0 aliphatic rings. The summed E-state index contributed by atoms with van der Waals surface area (Å²) in [5.74, 6) is 1.89. The summed E-state index contributed by atoms with van der Waals surface area (Å²) in [6.45, 7) is 0.452. The Morgan fingerprint density at radius 3 is 2.33 bits per heavy atom. The highest BCUT2D eigenvalue weighted by atomic mass is 35.5. The van der Waals surface area contributed by atoms with Crippen LogP contribution >= 0.6 is 11.6 Å². The minimum atomic E-state index is -0.288. The maximum absolute atomic E-state index is 13.2. The minimum absolute atomic E-state index is 0.117. The fourth-order valence-corrected chi connectivity index (χ4v) is 3.21. The molecule has 0 fully saturated rings. The molecule has 6 heteroatoms. The third kappa shape index (κ3) is 4.26. The van der Waals surface area contributed by atoms with Crippen LogP contribution in [0.5, 0.6) is 17.2 Å². The van der Waals surface area contributed by atoms with Crippen LogP contribution in [0.1, 0.15) is 0 Å². The first-order valence-corrected chi connectivity index (χ1v) is 9.75. The van der Waals surface area contributed by atoms with Gasteiger partial charge in [-0.2, -0.15) is 0 Å². The van der Waals surface area contributed by atoms with E-state index < -0.39 is 0 Å². The summed E-state index contributed by atoms with van der Waals surface area (Å²) >= 11 is 6.07. The molecule has 0 aliphatic carbocycles. The Labute approximate surface area is 178 Å². The van der Waals surface area contributed by atoms with Crippen molar-refractivity contribution in [1.29, 1.82) is 0 Å². The predicted molar refractivity (Wildman–Crippen MR) is 117 cm³/mol. The van der Waals surface area contributed by atoms with Crippen LogP contribution in [0.4, 0.5) is 0 Å². The van der Waals surface area contributed by atoms with Crippen LogP contribution in [0.3, 0.4) is 0 Å². The maximum Gasteiger partial charge on any atom is 0.235 e. The lowest BCUT2D eigenvalue weighted by Gasteiger charge is -2.13. The Morgan fingerprint density at radius 1 is 0.867 bits per heavy atom. The van der Waals surface area contributed by atoms with E-state index in [0.29, 0.717) is 33.1 Å². The summed E-state index contributed by atoms with van der Waals surface area (Å²) < 4.78 is 22.7. The number of benzene rings is 3. The molecule has 1 aromatic heterocycles. The summed E-state index contributed by atoms with van der Waals surface area (Å²) in [4.78, 5) is 13.2. The fraction of sp³-hybridized carbons (Fsp3) is 0.125. The van der Waals surface area contributed by atoms with E-state index in [2.05, 4.69) is 0 Å². The SMILES string of the molecule is COc1ccc(-c2oc3ccc(Cl)cc3c(=O)c2OCCOc2ccccc2)cc1. The lowest BCUT2D eigenvalue weighted by Crippen LogP contribution is -2.15. The molecule has 0 saturated carbocycles. The van der Waals surface area contributed by atoms with Crippen molar-refractivity contribution in [3.63, 3.8) is 0 Å². The van der Waals surface area contributed by atoms with Crippen LogP contribution in [0.15, 0.2) is 82.0 Å². The molecule has 0 radical (unpaired) electrons. The first-order valence-electron chi connectivity index (χ1n) is 9.37. The smallest absolute Gasteiger partial charge is 0.235 e. The first-order chi connectivity index (χ1) is 14.7. The van der Waals surface area contributed by atoms with Crippen molar-refractivity contribution in [2.45, 2.75) is 0 Å². The normalized spacial score (nSPS) is 10.7. The molecule has 4 rings (SSSR count). The summed E-state index contributed by atoms with van der Waals surface area (Å²) in [7, 11) is 1.59. The number of hydrogen-bond acceptors (Lipinski definition) is 5. The Kier molecular flexibility index (Phi) is 5.91. The molecule has 4 aromatic rings. The van der Waals surface area contributed by atoms with Crippen LogP contribution in [0.2, 0.25) is 5.02 Å². The molecule has 3 aromatic carbocycles. The van der Waals surface area contributed by atoms with Crippen molar-refractivity contribution in [1.82, 2.24) is 0 Å². The van der Waals surface area contributed by atoms with Gasteiger partial charge in [0.15, 0.2) is 5.76 Å². The van der Waals surface area contributed by atoms with Crippen LogP contribution in [-0.2, 0) is 0 Å². The number of ether oxygens (including phenoxy) is 3. The average molecular weight is 423 g/mol. The van der Waals surface area contributed by atoms with Gasteiger partial charge in [0.1, 0.15) is 30.3 Å². The number of rotatable bonds is 7. The Hall–Kier alpha value is -3.44. The van der Waals surface area contributed by atoms with Gasteiger partial charge >= 0.3 is 0 Å². The van der Waals surface area contributed by atoms with Gasteiger partial charge in [0.05, 0.1) is 12.5 Å². The van der Waals surface area contributed by atoms with Crippen LogP contribution in [0, 0.1) is 0 Å². The lowest BCUT2D eigenvalue weighted by molar-refractivity contribution is 0.214. The zero-order valence-electron chi connectivity index (χ0n) is 16.3. The monoisotopic (exact) mass is 422 g/mol. The fourth-order valence-electron chi connectivity index (χ4n) is 3.03. The van der Waals surface area contributed by atoms with Crippen molar-refractivity contribution in [3.05, 3.63) is 88.0 Å². The Bertz CT molecular complexity index is 1200. The second-order valence-electron chi connectivity index (χ2n) is 6.47. The highest BCUT2D eigenvalue weighted by Gasteiger charge is 2.18. The summed E-state index contributed by atoms with van der Waals surface area (Å²) in [5, 5.41) is 0.809. The number of para-hydroxylation sites is 1. The molecule has 0 saturated heterocycles. The van der Waals surface area contributed by atoms with Gasteiger partial charge in [-0.1, -0.05) is 29.8 Å². The van der Waals surface area contributed by atoms with Gasteiger partial charge in [-0.25, -0.2) is 0 Å². The zero-order valence-corrected chi connectivity index (χ0v) is 17.0. The summed E-state index contributed by atoms with van der Waals surface area (Å²) in [6.07, 6.45) is 0. The minimum Gasteiger partial charge on any atom is -0.497 e. The van der Waals surface area contributed by atoms with Crippen molar-refractivity contribution in [2.24, 2.45) is 0 Å². The largest absolute Gasteiger partial charge is 0.497 e. The lowest BCUT2D eigenvalue weighted by atomic mass is 10.1. The molecule has 0 atom stereocenters. The quantitative estimate of drug-likeness (QED) is 0.364. The van der Waals surface area contributed by atoms with Crippen molar-refractivity contribution < 1.29 is 18.6 Å². The molecule has 0 spiro atoms. The first kappa shape index (κ1) is 19.9. The van der Waals surface area contributed by atoms with Gasteiger partial charge in [0, 0.05) is 10.6 Å².